The number of anilines is 1. The van der Waals surface area contributed by atoms with Crippen molar-refractivity contribution in [2.45, 2.75) is 44.5 Å². The summed E-state index contributed by atoms with van der Waals surface area (Å²) in [6.45, 7) is 2.66. The monoisotopic (exact) mass is 318 g/mol. The maximum atomic E-state index is 11.9. The zero-order valence-electron chi connectivity index (χ0n) is 13.3. The molecule has 1 heterocycles. The number of benzene rings is 1. The van der Waals surface area contributed by atoms with E-state index in [9.17, 15) is 9.59 Å². The Morgan fingerprint density at radius 1 is 1.26 bits per heavy atom. The molecule has 1 aliphatic heterocycles. The number of hydrogen-bond donors (Lipinski definition) is 2. The molecule has 1 spiro atoms. The van der Waals surface area contributed by atoms with Gasteiger partial charge in [0.05, 0.1) is 6.61 Å². The van der Waals surface area contributed by atoms with Crippen LogP contribution in [0.25, 0.3) is 0 Å². The van der Waals surface area contributed by atoms with Crippen LogP contribution >= 0.6 is 0 Å². The Morgan fingerprint density at radius 2 is 2.04 bits per heavy atom. The van der Waals surface area contributed by atoms with Gasteiger partial charge in [0.25, 0.3) is 0 Å². The largest absolute Gasteiger partial charge is 0.347 e. The van der Waals surface area contributed by atoms with Crippen LogP contribution < -0.4 is 10.6 Å². The van der Waals surface area contributed by atoms with E-state index in [-0.39, 0.29) is 12.6 Å². The number of carbonyl (C=O) groups is 2. The Hall–Kier alpha value is -1.92. The summed E-state index contributed by atoms with van der Waals surface area (Å²) in [5, 5.41) is 5.19. The van der Waals surface area contributed by atoms with Crippen molar-refractivity contribution < 1.29 is 19.1 Å². The lowest BCUT2D eigenvalue weighted by molar-refractivity contribution is -0.161. The SMILES string of the molecule is Cc1cccc(NC(=O)C(=O)NC[C@@H]2COC3(CCCC3)O2)c1. The van der Waals surface area contributed by atoms with Crippen LogP contribution in [-0.2, 0) is 19.1 Å². The Balaban J connectivity index is 1.45. The molecule has 23 heavy (non-hydrogen) atoms. The summed E-state index contributed by atoms with van der Waals surface area (Å²) in [5.74, 6) is -1.79. The number of aryl methyl sites for hydroxylation is 1. The molecule has 0 radical (unpaired) electrons. The molecule has 0 aromatic heterocycles. The van der Waals surface area contributed by atoms with Crippen LogP contribution in [0.5, 0.6) is 0 Å². The van der Waals surface area contributed by atoms with E-state index in [0.717, 1.165) is 31.2 Å². The highest BCUT2D eigenvalue weighted by Crippen LogP contribution is 2.38. The molecule has 1 aromatic carbocycles. The normalized spacial score (nSPS) is 22.2. The maximum absolute atomic E-state index is 11.9. The molecule has 2 N–H and O–H groups in total. The molecule has 2 aliphatic rings. The summed E-state index contributed by atoms with van der Waals surface area (Å²) in [6.07, 6.45) is 3.84. The van der Waals surface area contributed by atoms with Gasteiger partial charge in [0, 0.05) is 25.1 Å². The highest BCUT2D eigenvalue weighted by Gasteiger charge is 2.43. The van der Waals surface area contributed by atoms with Crippen molar-refractivity contribution in [3.8, 4) is 0 Å². The Morgan fingerprint density at radius 3 is 2.78 bits per heavy atom. The van der Waals surface area contributed by atoms with Gasteiger partial charge in [-0.25, -0.2) is 0 Å². The molecule has 0 bridgehead atoms. The van der Waals surface area contributed by atoms with Gasteiger partial charge in [0.2, 0.25) is 0 Å². The van der Waals surface area contributed by atoms with E-state index in [1.54, 1.807) is 6.07 Å². The van der Waals surface area contributed by atoms with E-state index in [4.69, 9.17) is 9.47 Å². The van der Waals surface area contributed by atoms with Crippen molar-refractivity contribution in [3.05, 3.63) is 29.8 Å². The topological polar surface area (TPSA) is 76.7 Å². The zero-order chi connectivity index (χ0) is 16.3. The minimum atomic E-state index is -0.676. The standard InChI is InChI=1S/C17H22N2O4/c1-12-5-4-6-13(9-12)19-16(21)15(20)18-10-14-11-22-17(23-14)7-2-3-8-17/h4-6,9,14H,2-3,7-8,10-11H2,1H3,(H,18,20)(H,19,21)/t14-/m1/s1. The van der Waals surface area contributed by atoms with Crippen LogP contribution in [0.1, 0.15) is 31.2 Å². The molecule has 1 saturated carbocycles. The Bertz CT molecular complexity index is 596. The van der Waals surface area contributed by atoms with E-state index >= 15 is 0 Å². The second-order valence-electron chi connectivity index (χ2n) is 6.20. The molecule has 2 amide bonds. The molecule has 1 aliphatic carbocycles. The van der Waals surface area contributed by atoms with E-state index in [1.807, 2.05) is 25.1 Å². The number of carbonyl (C=O) groups excluding carboxylic acids is 2. The smallest absolute Gasteiger partial charge is 0.313 e. The maximum Gasteiger partial charge on any atom is 0.313 e. The highest BCUT2D eigenvalue weighted by molar-refractivity contribution is 6.39. The number of nitrogens with one attached hydrogen (secondary N) is 2. The first kappa shape index (κ1) is 16.0. The van der Waals surface area contributed by atoms with Crippen molar-refractivity contribution in [2.24, 2.45) is 0 Å². The first-order chi connectivity index (χ1) is 11.1. The molecule has 6 nitrogen and oxygen atoms in total. The third-order valence-electron chi connectivity index (χ3n) is 4.25. The summed E-state index contributed by atoms with van der Waals surface area (Å²) in [7, 11) is 0. The summed E-state index contributed by atoms with van der Waals surface area (Å²) >= 11 is 0. The number of amides is 2. The predicted octanol–water partition coefficient (Wildman–Crippen LogP) is 1.74. The van der Waals surface area contributed by atoms with Crippen molar-refractivity contribution >= 4 is 17.5 Å². The van der Waals surface area contributed by atoms with Gasteiger partial charge in [-0.15, -0.1) is 0 Å². The zero-order valence-corrected chi connectivity index (χ0v) is 13.3. The van der Waals surface area contributed by atoms with Crippen LogP contribution in [-0.4, -0.2) is 36.9 Å². The average Bonchev–Trinajstić information content (AvgIpc) is 3.15. The van der Waals surface area contributed by atoms with Gasteiger partial charge < -0.3 is 20.1 Å². The van der Waals surface area contributed by atoms with Gasteiger partial charge in [-0.2, -0.15) is 0 Å². The summed E-state index contributed by atoms with van der Waals surface area (Å²) < 4.78 is 11.6. The molecule has 3 rings (SSSR count). The van der Waals surface area contributed by atoms with Crippen molar-refractivity contribution in [2.75, 3.05) is 18.5 Å². The molecule has 0 unspecified atom stereocenters. The number of hydrogen-bond acceptors (Lipinski definition) is 4. The lowest BCUT2D eigenvalue weighted by Crippen LogP contribution is -2.40. The molecule has 2 fully saturated rings. The van der Waals surface area contributed by atoms with Crippen LogP contribution in [0.15, 0.2) is 24.3 Å². The highest BCUT2D eigenvalue weighted by atomic mass is 16.7. The quantitative estimate of drug-likeness (QED) is 0.832. The second-order valence-corrected chi connectivity index (χ2v) is 6.20. The van der Waals surface area contributed by atoms with E-state index in [1.165, 1.54) is 0 Å². The number of rotatable bonds is 3. The Labute approximate surface area is 135 Å². The molecule has 1 aromatic rings. The first-order valence-corrected chi connectivity index (χ1v) is 8.04. The minimum Gasteiger partial charge on any atom is -0.347 e. The molecule has 1 saturated heterocycles. The summed E-state index contributed by atoms with van der Waals surface area (Å²) in [6, 6.07) is 7.30. The fourth-order valence-corrected chi connectivity index (χ4v) is 3.09. The van der Waals surface area contributed by atoms with Crippen LogP contribution in [0.3, 0.4) is 0 Å². The predicted molar refractivity (Wildman–Crippen MR) is 84.8 cm³/mol. The minimum absolute atomic E-state index is 0.191. The molecular weight excluding hydrogens is 296 g/mol. The van der Waals surface area contributed by atoms with E-state index in [2.05, 4.69) is 10.6 Å². The third kappa shape index (κ3) is 3.89. The van der Waals surface area contributed by atoms with Crippen molar-refractivity contribution in [1.82, 2.24) is 5.32 Å². The molecule has 6 heteroatoms. The fourth-order valence-electron chi connectivity index (χ4n) is 3.09. The van der Waals surface area contributed by atoms with Gasteiger partial charge in [0.1, 0.15) is 6.10 Å². The van der Waals surface area contributed by atoms with Gasteiger partial charge in [0.15, 0.2) is 5.79 Å². The van der Waals surface area contributed by atoms with Gasteiger partial charge >= 0.3 is 11.8 Å². The van der Waals surface area contributed by atoms with Crippen LogP contribution in [0.2, 0.25) is 0 Å². The fraction of sp³-hybridized carbons (Fsp3) is 0.529. The first-order valence-electron chi connectivity index (χ1n) is 8.04. The van der Waals surface area contributed by atoms with Gasteiger partial charge in [-0.3, -0.25) is 9.59 Å². The molecular formula is C17H22N2O4. The van der Waals surface area contributed by atoms with Crippen LogP contribution in [0.4, 0.5) is 5.69 Å². The lowest BCUT2D eigenvalue weighted by Gasteiger charge is -2.21. The van der Waals surface area contributed by atoms with Crippen molar-refractivity contribution in [3.63, 3.8) is 0 Å². The van der Waals surface area contributed by atoms with Crippen molar-refractivity contribution in [1.29, 1.82) is 0 Å². The molecule has 124 valence electrons. The van der Waals surface area contributed by atoms with E-state index < -0.39 is 17.6 Å². The average molecular weight is 318 g/mol. The van der Waals surface area contributed by atoms with Gasteiger partial charge in [-0.1, -0.05) is 12.1 Å². The summed E-state index contributed by atoms with van der Waals surface area (Å²) in [4.78, 5) is 23.8. The third-order valence-corrected chi connectivity index (χ3v) is 4.25. The van der Waals surface area contributed by atoms with Crippen LogP contribution in [0, 0.1) is 6.92 Å². The lowest BCUT2D eigenvalue weighted by atomic mass is 10.2. The second kappa shape index (κ2) is 6.68. The molecule has 1 atom stereocenters. The summed E-state index contributed by atoms with van der Waals surface area (Å²) in [5.41, 5.74) is 1.62. The Kier molecular flexibility index (Phi) is 4.63. The number of ether oxygens (including phenoxy) is 2. The van der Waals surface area contributed by atoms with E-state index in [0.29, 0.717) is 12.3 Å². The van der Waals surface area contributed by atoms with Gasteiger partial charge in [-0.05, 0) is 37.5 Å².